The average Bonchev–Trinajstić information content (AvgIpc) is 2.91. The van der Waals surface area contributed by atoms with Gasteiger partial charge < -0.3 is 11.1 Å². The summed E-state index contributed by atoms with van der Waals surface area (Å²) in [6, 6.07) is 1.92. The number of nitrogens with zero attached hydrogens (tertiary/aromatic N) is 2. The molecule has 0 saturated carbocycles. The van der Waals surface area contributed by atoms with Gasteiger partial charge in [0.2, 0.25) is 5.91 Å². The molecule has 0 atom stereocenters. The number of hydrogen-bond donors (Lipinski definition) is 2. The summed E-state index contributed by atoms with van der Waals surface area (Å²) in [6.07, 6.45) is 3.46. The molecule has 0 bridgehead atoms. The van der Waals surface area contributed by atoms with Crippen molar-refractivity contribution in [1.29, 1.82) is 0 Å². The van der Waals surface area contributed by atoms with Gasteiger partial charge in [-0.2, -0.15) is 0 Å². The maximum absolute atomic E-state index is 12.3. The second-order valence-electron chi connectivity index (χ2n) is 4.77. The molecule has 0 aromatic carbocycles. The SMILES string of the molecule is CCc1cc2c(=O)n(CCCC(=O)NCCN)cnc2s1. The van der Waals surface area contributed by atoms with Crippen molar-refractivity contribution in [2.24, 2.45) is 5.73 Å². The molecule has 0 saturated heterocycles. The van der Waals surface area contributed by atoms with Crippen LogP contribution in [0.5, 0.6) is 0 Å². The van der Waals surface area contributed by atoms with Gasteiger partial charge in [0.05, 0.1) is 11.7 Å². The Labute approximate surface area is 127 Å². The number of rotatable bonds is 7. The van der Waals surface area contributed by atoms with E-state index in [9.17, 15) is 9.59 Å². The van der Waals surface area contributed by atoms with Crippen molar-refractivity contribution in [3.63, 3.8) is 0 Å². The van der Waals surface area contributed by atoms with E-state index in [1.165, 1.54) is 0 Å². The summed E-state index contributed by atoms with van der Waals surface area (Å²) in [4.78, 5) is 30.1. The van der Waals surface area contributed by atoms with E-state index in [1.54, 1.807) is 22.2 Å². The second-order valence-corrected chi connectivity index (χ2v) is 5.89. The van der Waals surface area contributed by atoms with Crippen LogP contribution in [0.2, 0.25) is 0 Å². The number of aromatic nitrogens is 2. The van der Waals surface area contributed by atoms with E-state index < -0.39 is 0 Å². The smallest absolute Gasteiger partial charge is 0.262 e. The number of nitrogens with one attached hydrogen (secondary N) is 1. The third-order valence-corrected chi connectivity index (χ3v) is 4.37. The van der Waals surface area contributed by atoms with Crippen LogP contribution in [0, 0.1) is 0 Å². The second kappa shape index (κ2) is 7.33. The van der Waals surface area contributed by atoms with Crippen molar-refractivity contribution < 1.29 is 4.79 Å². The lowest BCUT2D eigenvalue weighted by Crippen LogP contribution is -2.29. The Morgan fingerprint density at radius 1 is 1.52 bits per heavy atom. The number of hydrogen-bond acceptors (Lipinski definition) is 5. The molecule has 2 aromatic heterocycles. The number of aryl methyl sites for hydroxylation is 2. The van der Waals surface area contributed by atoms with E-state index >= 15 is 0 Å². The van der Waals surface area contributed by atoms with Crippen molar-refractivity contribution >= 4 is 27.5 Å². The first-order valence-corrected chi connectivity index (χ1v) is 7.92. The molecular weight excluding hydrogens is 288 g/mol. The summed E-state index contributed by atoms with van der Waals surface area (Å²) >= 11 is 1.56. The fraction of sp³-hybridized carbons (Fsp3) is 0.500. The van der Waals surface area contributed by atoms with Gasteiger partial charge in [-0.3, -0.25) is 14.2 Å². The Balaban J connectivity index is 2.01. The topological polar surface area (TPSA) is 90.0 Å². The van der Waals surface area contributed by atoms with Gasteiger partial charge in [0.15, 0.2) is 0 Å². The molecule has 2 aromatic rings. The molecule has 0 aliphatic rings. The molecule has 1 amide bonds. The van der Waals surface area contributed by atoms with Gasteiger partial charge in [-0.15, -0.1) is 11.3 Å². The van der Waals surface area contributed by atoms with Crippen LogP contribution in [0.15, 0.2) is 17.2 Å². The Kier molecular flexibility index (Phi) is 5.46. The van der Waals surface area contributed by atoms with Gasteiger partial charge in [0.25, 0.3) is 5.56 Å². The summed E-state index contributed by atoms with van der Waals surface area (Å²) in [6.45, 7) is 3.48. The number of fused-ring (bicyclic) bond motifs is 1. The van der Waals surface area contributed by atoms with Crippen molar-refractivity contribution in [2.75, 3.05) is 13.1 Å². The van der Waals surface area contributed by atoms with Gasteiger partial charge in [-0.05, 0) is 18.9 Å². The molecule has 0 spiro atoms. The molecule has 3 N–H and O–H groups in total. The standard InChI is InChI=1S/C14H20N4O2S/c1-2-10-8-11-13(21-10)17-9-18(14(11)20)7-3-4-12(19)16-6-5-15/h8-9H,2-7,15H2,1H3,(H,16,19). The van der Waals surface area contributed by atoms with Gasteiger partial charge in [-0.25, -0.2) is 4.98 Å². The third-order valence-electron chi connectivity index (χ3n) is 3.19. The van der Waals surface area contributed by atoms with Crippen LogP contribution in [0.3, 0.4) is 0 Å². The Bertz CT molecular complexity index is 677. The Hall–Kier alpha value is -1.73. The number of nitrogens with two attached hydrogens (primary N) is 1. The minimum Gasteiger partial charge on any atom is -0.355 e. The van der Waals surface area contributed by atoms with Crippen molar-refractivity contribution in [3.05, 3.63) is 27.6 Å². The molecular formula is C14H20N4O2S. The van der Waals surface area contributed by atoms with Crippen molar-refractivity contribution in [1.82, 2.24) is 14.9 Å². The highest BCUT2D eigenvalue weighted by atomic mass is 32.1. The molecule has 0 radical (unpaired) electrons. The molecule has 2 rings (SSSR count). The Morgan fingerprint density at radius 3 is 3.05 bits per heavy atom. The summed E-state index contributed by atoms with van der Waals surface area (Å²) in [7, 11) is 0. The highest BCUT2D eigenvalue weighted by molar-refractivity contribution is 7.18. The van der Waals surface area contributed by atoms with Crippen molar-refractivity contribution in [3.8, 4) is 0 Å². The van der Waals surface area contributed by atoms with Crippen LogP contribution in [0.25, 0.3) is 10.2 Å². The highest BCUT2D eigenvalue weighted by Crippen LogP contribution is 2.20. The zero-order valence-corrected chi connectivity index (χ0v) is 12.9. The van der Waals surface area contributed by atoms with Gasteiger partial charge >= 0.3 is 0 Å². The first kappa shape index (κ1) is 15.7. The number of carbonyl (C=O) groups excluding carboxylic acids is 1. The lowest BCUT2D eigenvalue weighted by Gasteiger charge is -2.05. The Morgan fingerprint density at radius 2 is 2.33 bits per heavy atom. The van der Waals surface area contributed by atoms with E-state index in [1.807, 2.05) is 6.07 Å². The summed E-state index contributed by atoms with van der Waals surface area (Å²) in [5.74, 6) is -0.0358. The molecule has 2 heterocycles. The first-order valence-electron chi connectivity index (χ1n) is 7.10. The number of amides is 1. The number of carbonyl (C=O) groups is 1. The molecule has 0 aliphatic heterocycles. The maximum Gasteiger partial charge on any atom is 0.262 e. The molecule has 21 heavy (non-hydrogen) atoms. The van der Waals surface area contributed by atoms with E-state index in [0.717, 1.165) is 16.1 Å². The zero-order chi connectivity index (χ0) is 15.2. The molecule has 0 unspecified atom stereocenters. The lowest BCUT2D eigenvalue weighted by molar-refractivity contribution is -0.121. The highest BCUT2D eigenvalue weighted by Gasteiger charge is 2.08. The normalized spacial score (nSPS) is 11.0. The van der Waals surface area contributed by atoms with Crippen LogP contribution >= 0.6 is 11.3 Å². The monoisotopic (exact) mass is 308 g/mol. The fourth-order valence-electron chi connectivity index (χ4n) is 2.05. The van der Waals surface area contributed by atoms with E-state index in [2.05, 4.69) is 17.2 Å². The molecule has 0 aliphatic carbocycles. The molecule has 0 fully saturated rings. The lowest BCUT2D eigenvalue weighted by atomic mass is 10.3. The summed E-state index contributed by atoms with van der Waals surface area (Å²) in [5.41, 5.74) is 5.29. The fourth-order valence-corrected chi connectivity index (χ4v) is 2.98. The number of thiophene rings is 1. The molecule has 6 nitrogen and oxygen atoms in total. The van der Waals surface area contributed by atoms with Gasteiger partial charge in [0, 0.05) is 30.9 Å². The quantitative estimate of drug-likeness (QED) is 0.794. The zero-order valence-electron chi connectivity index (χ0n) is 12.1. The summed E-state index contributed by atoms with van der Waals surface area (Å²) in [5, 5.41) is 3.38. The van der Waals surface area contributed by atoms with Crippen LogP contribution in [0.4, 0.5) is 0 Å². The first-order chi connectivity index (χ1) is 10.2. The average molecular weight is 308 g/mol. The largest absolute Gasteiger partial charge is 0.355 e. The van der Waals surface area contributed by atoms with E-state index in [0.29, 0.717) is 37.9 Å². The van der Waals surface area contributed by atoms with Crippen molar-refractivity contribution in [2.45, 2.75) is 32.7 Å². The molecule has 114 valence electrons. The van der Waals surface area contributed by atoms with Crippen LogP contribution < -0.4 is 16.6 Å². The predicted molar refractivity (Wildman–Crippen MR) is 84.6 cm³/mol. The summed E-state index contributed by atoms with van der Waals surface area (Å²) < 4.78 is 1.57. The van der Waals surface area contributed by atoms with Gasteiger partial charge in [0.1, 0.15) is 4.83 Å². The van der Waals surface area contributed by atoms with Crippen LogP contribution in [-0.4, -0.2) is 28.5 Å². The molecule has 7 heteroatoms. The minimum atomic E-state index is -0.0358. The minimum absolute atomic E-state index is 0.0293. The van der Waals surface area contributed by atoms with Crippen LogP contribution in [0.1, 0.15) is 24.6 Å². The van der Waals surface area contributed by atoms with E-state index in [-0.39, 0.29) is 11.5 Å². The van der Waals surface area contributed by atoms with E-state index in [4.69, 9.17) is 5.73 Å². The third kappa shape index (κ3) is 3.89. The van der Waals surface area contributed by atoms with Crippen LogP contribution in [-0.2, 0) is 17.8 Å². The maximum atomic E-state index is 12.3. The predicted octanol–water partition coefficient (Wildman–Crippen LogP) is 0.876. The van der Waals surface area contributed by atoms with Gasteiger partial charge in [-0.1, -0.05) is 6.92 Å².